The Morgan fingerprint density at radius 1 is 0.365 bits per heavy atom. The lowest BCUT2D eigenvalue weighted by Gasteiger charge is -2.07. The highest BCUT2D eigenvalue weighted by Crippen LogP contribution is 2.31. The molecule has 8 aromatic rings. The molecule has 0 nitrogen and oxygen atoms in total. The largest absolute Gasteiger partial charge is 0.144 e. The van der Waals surface area contributed by atoms with E-state index in [4.69, 9.17) is 0 Å². The van der Waals surface area contributed by atoms with Crippen molar-refractivity contribution in [3.63, 3.8) is 0 Å². The topological polar surface area (TPSA) is 0 Å². The van der Waals surface area contributed by atoms with Gasteiger partial charge < -0.3 is 0 Å². The normalized spacial score (nSPS) is 12.3. The van der Waals surface area contributed by atoms with Crippen molar-refractivity contribution >= 4 is 81.0 Å². The first-order valence-corrected chi connectivity index (χ1v) is 19.2. The minimum Gasteiger partial charge on any atom is -0.144 e. The minimum atomic E-state index is 1.17. The van der Waals surface area contributed by atoms with Crippen LogP contribution in [0.2, 0.25) is 0 Å². The van der Waals surface area contributed by atoms with Crippen LogP contribution in [0, 0.1) is 0 Å². The van der Waals surface area contributed by atoms with E-state index in [1.54, 1.807) is 22.7 Å². The second kappa shape index (κ2) is 15.9. The molecule has 248 valence electrons. The van der Waals surface area contributed by atoms with E-state index >= 15 is 0 Å². The summed E-state index contributed by atoms with van der Waals surface area (Å²) in [6.45, 7) is 0. The Hall–Kier alpha value is -6.06. The van der Waals surface area contributed by atoms with Crippen LogP contribution >= 0.6 is 22.7 Å². The summed E-state index contributed by atoms with van der Waals surface area (Å²) in [6.07, 6.45) is 13.4. The van der Waals surface area contributed by atoms with Gasteiger partial charge in [0, 0.05) is 9.75 Å². The van der Waals surface area contributed by atoms with Crippen molar-refractivity contribution in [3.05, 3.63) is 235 Å². The molecule has 0 aliphatic rings. The molecule has 6 aromatic carbocycles. The molecular formula is C50H36S2. The highest BCUT2D eigenvalue weighted by Gasteiger charge is 2.08. The quantitative estimate of drug-likeness (QED) is 0.125. The van der Waals surface area contributed by atoms with E-state index in [0.717, 1.165) is 0 Å². The number of hydrogen-bond acceptors (Lipinski definition) is 2. The molecule has 0 saturated heterocycles. The molecule has 0 unspecified atom stereocenters. The molecule has 0 bridgehead atoms. The molecule has 2 aromatic heterocycles. The van der Waals surface area contributed by atoms with Crippen LogP contribution in [0.3, 0.4) is 0 Å². The zero-order valence-electron chi connectivity index (χ0n) is 28.6. The highest BCUT2D eigenvalue weighted by atomic mass is 32.1. The highest BCUT2D eigenvalue weighted by molar-refractivity contribution is 7.11. The zero-order chi connectivity index (χ0) is 35.0. The molecular weight excluding hydrogens is 665 g/mol. The summed E-state index contributed by atoms with van der Waals surface area (Å²) in [5.74, 6) is 0. The van der Waals surface area contributed by atoms with E-state index in [-0.39, 0.29) is 0 Å². The maximum atomic E-state index is 2.29. The van der Waals surface area contributed by atoms with Crippen LogP contribution in [0.1, 0.15) is 54.3 Å². The Balaban J connectivity index is 1.02. The van der Waals surface area contributed by atoms with Crippen molar-refractivity contribution in [1.82, 2.24) is 0 Å². The minimum absolute atomic E-state index is 1.17. The van der Waals surface area contributed by atoms with Gasteiger partial charge in [-0.2, -0.15) is 0 Å². The molecule has 0 N–H and O–H groups in total. The van der Waals surface area contributed by atoms with Gasteiger partial charge in [-0.25, -0.2) is 0 Å². The fourth-order valence-electron chi connectivity index (χ4n) is 6.41. The fraction of sp³-hybridized carbons (Fsp3) is 0. The van der Waals surface area contributed by atoms with Crippen LogP contribution in [0.25, 0.3) is 58.4 Å². The van der Waals surface area contributed by atoms with Gasteiger partial charge in [-0.15, -0.1) is 22.7 Å². The van der Waals surface area contributed by atoms with E-state index in [2.05, 4.69) is 217 Å². The summed E-state index contributed by atoms with van der Waals surface area (Å²) >= 11 is 3.55. The van der Waals surface area contributed by atoms with E-state index in [1.165, 1.54) is 76.2 Å². The predicted octanol–water partition coefficient (Wildman–Crippen LogP) is 14.5. The van der Waals surface area contributed by atoms with Gasteiger partial charge in [0.1, 0.15) is 0 Å². The van der Waals surface area contributed by atoms with Crippen LogP contribution in [0.4, 0.5) is 0 Å². The number of rotatable bonds is 10. The third-order valence-corrected chi connectivity index (χ3v) is 10.9. The van der Waals surface area contributed by atoms with E-state index in [0.29, 0.717) is 0 Å². The first-order valence-electron chi connectivity index (χ1n) is 17.5. The molecule has 2 heteroatoms. The van der Waals surface area contributed by atoms with Crippen molar-refractivity contribution in [3.8, 4) is 0 Å². The van der Waals surface area contributed by atoms with Crippen LogP contribution in [-0.4, -0.2) is 0 Å². The van der Waals surface area contributed by atoms with Gasteiger partial charge in [0.15, 0.2) is 0 Å². The van der Waals surface area contributed by atoms with Crippen LogP contribution < -0.4 is 0 Å². The lowest BCUT2D eigenvalue weighted by molar-refractivity contribution is 1.59. The van der Waals surface area contributed by atoms with Crippen LogP contribution in [0.5, 0.6) is 0 Å². The number of fused-ring (bicyclic) bond motifs is 1. The average Bonchev–Trinajstić information content (AvgIpc) is 3.95. The van der Waals surface area contributed by atoms with Gasteiger partial charge in [0.05, 0.1) is 0 Å². The lowest BCUT2D eigenvalue weighted by Crippen LogP contribution is -1.85. The summed E-state index contributed by atoms with van der Waals surface area (Å²) in [7, 11) is 0. The second-order valence-corrected chi connectivity index (χ2v) is 14.5. The molecule has 0 fully saturated rings. The summed E-state index contributed by atoms with van der Waals surface area (Å²) in [6, 6.07) is 60.7. The molecule has 0 aliphatic heterocycles. The molecule has 2 heterocycles. The first kappa shape index (κ1) is 33.1. The molecule has 0 radical (unpaired) electrons. The van der Waals surface area contributed by atoms with Gasteiger partial charge in [-0.05, 0) is 114 Å². The molecule has 52 heavy (non-hydrogen) atoms. The average molecular weight is 701 g/mol. The van der Waals surface area contributed by atoms with Crippen LogP contribution in [-0.2, 0) is 0 Å². The molecule has 0 atom stereocenters. The summed E-state index contributed by atoms with van der Waals surface area (Å²) < 4.78 is 0. The third-order valence-electron chi connectivity index (χ3n) is 9.08. The predicted molar refractivity (Wildman–Crippen MR) is 230 cm³/mol. The van der Waals surface area contributed by atoms with Crippen molar-refractivity contribution in [2.24, 2.45) is 0 Å². The summed E-state index contributed by atoms with van der Waals surface area (Å²) in [5, 5.41) is 6.75. The van der Waals surface area contributed by atoms with E-state index in [9.17, 15) is 0 Å². The summed E-state index contributed by atoms with van der Waals surface area (Å²) in [4.78, 5) is 2.54. The smallest absolute Gasteiger partial charge is 0.0348 e. The van der Waals surface area contributed by atoms with Gasteiger partial charge in [0.25, 0.3) is 0 Å². The Labute approximate surface area is 314 Å². The number of benzene rings is 6. The van der Waals surface area contributed by atoms with Gasteiger partial charge >= 0.3 is 0 Å². The Morgan fingerprint density at radius 3 is 1.35 bits per heavy atom. The monoisotopic (exact) mass is 700 g/mol. The fourth-order valence-corrected chi connectivity index (χ4v) is 7.94. The van der Waals surface area contributed by atoms with Crippen molar-refractivity contribution in [2.75, 3.05) is 0 Å². The molecule has 0 saturated carbocycles. The molecule has 0 spiro atoms. The van der Waals surface area contributed by atoms with Crippen molar-refractivity contribution in [2.45, 2.75) is 0 Å². The standard InChI is InChI=1S/C50H36S2/c1-3-11-42(12-4-1)47(49-17-9-31-51-49)35-39-24-19-37(20-25-39)23-28-41-33-44-15-7-8-16-46(44)45(34-41)30-29-38-21-26-40(27-22-38)36-48(50-18-10-32-52-50)43-13-5-2-6-14-43/h1-36H/b28-23-,30-29-,47-35-,48-36-. The zero-order valence-corrected chi connectivity index (χ0v) is 30.2. The van der Waals surface area contributed by atoms with E-state index < -0.39 is 0 Å². The second-order valence-electron chi connectivity index (χ2n) is 12.6. The Morgan fingerprint density at radius 2 is 0.827 bits per heavy atom. The third kappa shape index (κ3) is 7.95. The summed E-state index contributed by atoms with van der Waals surface area (Å²) in [5.41, 5.74) is 12.0. The van der Waals surface area contributed by atoms with Crippen molar-refractivity contribution in [1.29, 1.82) is 0 Å². The maximum absolute atomic E-state index is 2.29. The lowest BCUT2D eigenvalue weighted by atomic mass is 9.98. The Bertz CT molecular complexity index is 2490. The van der Waals surface area contributed by atoms with Gasteiger partial charge in [0.2, 0.25) is 0 Å². The van der Waals surface area contributed by atoms with Gasteiger partial charge in [-0.1, -0.05) is 170 Å². The van der Waals surface area contributed by atoms with Crippen molar-refractivity contribution < 1.29 is 0 Å². The van der Waals surface area contributed by atoms with Crippen LogP contribution in [0.15, 0.2) is 181 Å². The van der Waals surface area contributed by atoms with E-state index in [1.807, 2.05) is 0 Å². The maximum Gasteiger partial charge on any atom is 0.0348 e. The number of thiophene rings is 2. The number of hydrogen-bond donors (Lipinski definition) is 0. The molecule has 0 amide bonds. The molecule has 0 aliphatic carbocycles. The SMILES string of the molecule is C(=C/c1cc(/C=C\c2ccc(/C=C(/c3ccccc3)c3cccs3)cc2)c2ccccc2c1)/c1ccc(/C=C(/c2ccccc2)c2cccs2)cc1. The first-order chi connectivity index (χ1) is 25.7. The van der Waals surface area contributed by atoms with Gasteiger partial charge in [-0.3, -0.25) is 0 Å². The molecule has 8 rings (SSSR count). The Kier molecular flexibility index (Phi) is 10.1.